The van der Waals surface area contributed by atoms with Crippen molar-refractivity contribution in [3.63, 3.8) is 0 Å². The number of aliphatic hydroxyl groups excluding tert-OH is 2. The number of hydrogen-bond donors (Lipinski definition) is 3. The molecule has 100 valence electrons. The van der Waals surface area contributed by atoms with Gasteiger partial charge in [0.2, 0.25) is 0 Å². The van der Waals surface area contributed by atoms with Gasteiger partial charge in [-0.2, -0.15) is 0 Å². The molecular weight excluding hydrogens is 230 g/mol. The Morgan fingerprint density at radius 1 is 1.39 bits per heavy atom. The summed E-state index contributed by atoms with van der Waals surface area (Å²) in [6.07, 6.45) is -1.25. The van der Waals surface area contributed by atoms with E-state index in [9.17, 15) is 15.0 Å². The highest BCUT2D eigenvalue weighted by Crippen LogP contribution is 2.23. The van der Waals surface area contributed by atoms with Gasteiger partial charge in [0.25, 0.3) is 0 Å². The van der Waals surface area contributed by atoms with Gasteiger partial charge in [0.15, 0.2) is 5.78 Å². The molecule has 4 heteroatoms. The Kier molecular flexibility index (Phi) is 5.47. The second kappa shape index (κ2) is 6.64. The first-order valence-electron chi connectivity index (χ1n) is 6.09. The first-order valence-corrected chi connectivity index (χ1v) is 6.09. The lowest BCUT2D eigenvalue weighted by Crippen LogP contribution is -2.23. The SMILES string of the molecule is CNCCC(O)C(O)c1ccc(C(C)=O)cc1C. The average molecular weight is 251 g/mol. The minimum Gasteiger partial charge on any atom is -0.390 e. The molecule has 0 aromatic heterocycles. The fourth-order valence-corrected chi connectivity index (χ4v) is 1.88. The van der Waals surface area contributed by atoms with Crippen molar-refractivity contribution >= 4 is 5.78 Å². The molecule has 0 heterocycles. The van der Waals surface area contributed by atoms with Crippen LogP contribution in [0.1, 0.15) is 40.9 Å². The molecule has 0 aliphatic carbocycles. The number of Topliss-reactive ketones (excluding diaryl/α,β-unsaturated/α-hetero) is 1. The van der Waals surface area contributed by atoms with E-state index in [1.54, 1.807) is 25.2 Å². The van der Waals surface area contributed by atoms with Gasteiger partial charge in [-0.25, -0.2) is 0 Å². The molecule has 0 bridgehead atoms. The molecule has 4 nitrogen and oxygen atoms in total. The zero-order valence-electron chi connectivity index (χ0n) is 11.1. The topological polar surface area (TPSA) is 69.6 Å². The minimum atomic E-state index is -0.917. The summed E-state index contributed by atoms with van der Waals surface area (Å²) in [5.41, 5.74) is 2.11. The number of carbonyl (C=O) groups is 1. The Morgan fingerprint density at radius 3 is 2.56 bits per heavy atom. The molecule has 0 saturated heterocycles. The van der Waals surface area contributed by atoms with Crippen LogP contribution in [0.3, 0.4) is 0 Å². The van der Waals surface area contributed by atoms with E-state index >= 15 is 0 Å². The zero-order chi connectivity index (χ0) is 13.7. The maximum absolute atomic E-state index is 11.2. The third-order valence-electron chi connectivity index (χ3n) is 3.05. The highest BCUT2D eigenvalue weighted by Gasteiger charge is 2.19. The van der Waals surface area contributed by atoms with E-state index in [0.29, 0.717) is 24.1 Å². The Hall–Kier alpha value is -1.23. The molecule has 3 N–H and O–H groups in total. The van der Waals surface area contributed by atoms with Crippen LogP contribution in [0.4, 0.5) is 0 Å². The van der Waals surface area contributed by atoms with Crippen LogP contribution in [-0.2, 0) is 0 Å². The van der Waals surface area contributed by atoms with E-state index in [1.807, 2.05) is 6.92 Å². The predicted octanol–water partition coefficient (Wildman–Crippen LogP) is 1.20. The van der Waals surface area contributed by atoms with Crippen LogP contribution in [0.15, 0.2) is 18.2 Å². The van der Waals surface area contributed by atoms with Gasteiger partial charge < -0.3 is 15.5 Å². The normalized spacial score (nSPS) is 14.3. The fourth-order valence-electron chi connectivity index (χ4n) is 1.88. The van der Waals surface area contributed by atoms with Crippen LogP contribution in [-0.4, -0.2) is 35.7 Å². The molecule has 0 amide bonds. The fraction of sp³-hybridized carbons (Fsp3) is 0.500. The first-order chi connectivity index (χ1) is 8.47. The maximum atomic E-state index is 11.2. The molecule has 1 aromatic carbocycles. The molecule has 0 radical (unpaired) electrons. The Bertz CT molecular complexity index is 418. The Balaban J connectivity index is 2.86. The van der Waals surface area contributed by atoms with Crippen molar-refractivity contribution < 1.29 is 15.0 Å². The van der Waals surface area contributed by atoms with E-state index < -0.39 is 12.2 Å². The van der Waals surface area contributed by atoms with Crippen molar-refractivity contribution in [2.24, 2.45) is 0 Å². The van der Waals surface area contributed by atoms with E-state index in [-0.39, 0.29) is 5.78 Å². The third-order valence-corrected chi connectivity index (χ3v) is 3.05. The molecule has 2 unspecified atom stereocenters. The lowest BCUT2D eigenvalue weighted by Gasteiger charge is -2.20. The number of benzene rings is 1. The summed E-state index contributed by atoms with van der Waals surface area (Å²) in [6.45, 7) is 3.98. The number of rotatable bonds is 6. The molecule has 0 saturated carbocycles. The van der Waals surface area contributed by atoms with E-state index in [0.717, 1.165) is 5.56 Å². The van der Waals surface area contributed by atoms with Crippen LogP contribution < -0.4 is 5.32 Å². The van der Waals surface area contributed by atoms with Crippen molar-refractivity contribution in [1.82, 2.24) is 5.32 Å². The van der Waals surface area contributed by atoms with Crippen LogP contribution in [0, 0.1) is 6.92 Å². The van der Waals surface area contributed by atoms with Crippen LogP contribution in [0.5, 0.6) is 0 Å². The smallest absolute Gasteiger partial charge is 0.159 e. The molecule has 0 spiro atoms. The highest BCUT2D eigenvalue weighted by molar-refractivity contribution is 5.94. The van der Waals surface area contributed by atoms with E-state index in [1.165, 1.54) is 6.92 Å². The van der Waals surface area contributed by atoms with Gasteiger partial charge >= 0.3 is 0 Å². The van der Waals surface area contributed by atoms with Gasteiger partial charge in [-0.3, -0.25) is 4.79 Å². The number of aryl methyl sites for hydroxylation is 1. The van der Waals surface area contributed by atoms with Crippen molar-refractivity contribution in [3.8, 4) is 0 Å². The molecule has 18 heavy (non-hydrogen) atoms. The zero-order valence-corrected chi connectivity index (χ0v) is 11.1. The number of ketones is 1. The standard InChI is InChI=1S/C14H21NO3/c1-9-8-11(10(2)16)4-5-12(9)14(18)13(17)6-7-15-3/h4-5,8,13-15,17-18H,6-7H2,1-3H3. The first kappa shape index (κ1) is 14.8. The van der Waals surface area contributed by atoms with Crippen molar-refractivity contribution in [1.29, 1.82) is 0 Å². The third kappa shape index (κ3) is 3.63. The Morgan fingerprint density at radius 2 is 2.06 bits per heavy atom. The summed E-state index contributed by atoms with van der Waals surface area (Å²) in [5, 5.41) is 22.8. The lowest BCUT2D eigenvalue weighted by molar-refractivity contribution is 0.0137. The van der Waals surface area contributed by atoms with Gasteiger partial charge in [-0.15, -0.1) is 0 Å². The van der Waals surface area contributed by atoms with E-state index in [2.05, 4.69) is 5.32 Å². The van der Waals surface area contributed by atoms with Gasteiger partial charge in [0.1, 0.15) is 6.10 Å². The number of nitrogens with one attached hydrogen (secondary N) is 1. The molecule has 1 rings (SSSR count). The summed E-state index contributed by atoms with van der Waals surface area (Å²) < 4.78 is 0. The monoisotopic (exact) mass is 251 g/mol. The molecule has 2 atom stereocenters. The second-order valence-corrected chi connectivity index (χ2v) is 4.53. The average Bonchev–Trinajstić information content (AvgIpc) is 2.34. The van der Waals surface area contributed by atoms with Crippen LogP contribution in [0.25, 0.3) is 0 Å². The second-order valence-electron chi connectivity index (χ2n) is 4.53. The van der Waals surface area contributed by atoms with Crippen molar-refractivity contribution in [3.05, 3.63) is 34.9 Å². The summed E-state index contributed by atoms with van der Waals surface area (Å²) >= 11 is 0. The molecular formula is C14H21NO3. The number of aliphatic hydroxyl groups is 2. The molecule has 1 aromatic rings. The summed E-state index contributed by atoms with van der Waals surface area (Å²) in [7, 11) is 1.80. The summed E-state index contributed by atoms with van der Waals surface area (Å²) in [4.78, 5) is 11.2. The number of carbonyl (C=O) groups excluding carboxylic acids is 1. The van der Waals surface area contributed by atoms with Gasteiger partial charge in [0, 0.05) is 5.56 Å². The summed E-state index contributed by atoms with van der Waals surface area (Å²) in [6, 6.07) is 5.13. The number of hydrogen-bond acceptors (Lipinski definition) is 4. The van der Waals surface area contributed by atoms with Crippen molar-refractivity contribution in [2.45, 2.75) is 32.5 Å². The quantitative estimate of drug-likeness (QED) is 0.665. The minimum absolute atomic E-state index is 0.00475. The molecule has 0 aliphatic rings. The predicted molar refractivity (Wildman–Crippen MR) is 70.7 cm³/mol. The molecule has 0 aliphatic heterocycles. The van der Waals surface area contributed by atoms with Crippen LogP contribution >= 0.6 is 0 Å². The van der Waals surface area contributed by atoms with Gasteiger partial charge in [-0.05, 0) is 51.1 Å². The van der Waals surface area contributed by atoms with Gasteiger partial charge in [-0.1, -0.05) is 12.1 Å². The maximum Gasteiger partial charge on any atom is 0.159 e. The molecule has 0 fully saturated rings. The Labute approximate surface area is 108 Å². The highest BCUT2D eigenvalue weighted by atomic mass is 16.3. The van der Waals surface area contributed by atoms with Crippen molar-refractivity contribution in [2.75, 3.05) is 13.6 Å². The lowest BCUT2D eigenvalue weighted by atomic mass is 9.95. The van der Waals surface area contributed by atoms with Gasteiger partial charge in [0.05, 0.1) is 6.10 Å². The summed E-state index contributed by atoms with van der Waals surface area (Å²) in [5.74, 6) is -0.00475. The largest absolute Gasteiger partial charge is 0.390 e. The van der Waals surface area contributed by atoms with E-state index in [4.69, 9.17) is 0 Å². The van der Waals surface area contributed by atoms with Crippen LogP contribution in [0.2, 0.25) is 0 Å².